The van der Waals surface area contributed by atoms with E-state index >= 15 is 0 Å². The number of hydrogen-bond donors (Lipinski definition) is 4. The summed E-state index contributed by atoms with van der Waals surface area (Å²) in [5.41, 5.74) is 5.40. The average Bonchev–Trinajstić information content (AvgIpc) is 3.74. The minimum Gasteiger partial charge on any atom is -0.387 e. The predicted molar refractivity (Wildman–Crippen MR) is 218 cm³/mol. The number of aromatic nitrogens is 3. The van der Waals surface area contributed by atoms with Crippen molar-refractivity contribution in [3.05, 3.63) is 59.3 Å². The van der Waals surface area contributed by atoms with E-state index in [9.17, 15) is 29.3 Å². The molecule has 58 heavy (non-hydrogen) atoms. The largest absolute Gasteiger partial charge is 0.472 e. The zero-order valence-electron chi connectivity index (χ0n) is 33.9. The Morgan fingerprint density at radius 3 is 2.31 bits per heavy atom. The maximum atomic E-state index is 14.1. The number of ether oxygens (including phenoxy) is 3. The number of nitrogen functional groups attached to an aromatic ring is 1. The lowest BCUT2D eigenvalue weighted by molar-refractivity contribution is -0.0702. The van der Waals surface area contributed by atoms with E-state index in [1.54, 1.807) is 12.1 Å². The summed E-state index contributed by atoms with van der Waals surface area (Å²) < 4.78 is 57.3. The van der Waals surface area contributed by atoms with Gasteiger partial charge in [-0.25, -0.2) is 18.5 Å². The van der Waals surface area contributed by atoms with Crippen LogP contribution in [0.1, 0.15) is 126 Å². The molecule has 1 unspecified atom stereocenters. The number of hydrogen-bond acceptors (Lipinski definition) is 13. The number of aliphatic hydroxyl groups is 2. The van der Waals surface area contributed by atoms with Crippen LogP contribution in [0.4, 0.5) is 10.2 Å². The third-order valence-electron chi connectivity index (χ3n) is 10.3. The fraction of sp³-hybridized carbons (Fsp3) is 0.659. The zero-order chi connectivity index (χ0) is 41.8. The minimum absolute atomic E-state index is 0.000490. The van der Waals surface area contributed by atoms with Gasteiger partial charge in [0.1, 0.15) is 42.1 Å². The normalized spacial score (nSPS) is 21.2. The highest BCUT2D eigenvalue weighted by molar-refractivity contribution is 7.47. The van der Waals surface area contributed by atoms with E-state index in [-0.39, 0.29) is 24.6 Å². The van der Waals surface area contributed by atoms with Gasteiger partial charge < -0.3 is 35.1 Å². The minimum atomic E-state index is -4.85. The van der Waals surface area contributed by atoms with Crippen molar-refractivity contribution in [2.24, 2.45) is 4.99 Å². The van der Waals surface area contributed by atoms with Crippen LogP contribution in [-0.2, 0) is 34.4 Å². The molecule has 0 radical (unpaired) electrons. The number of fused-ring (bicyclic) bond motifs is 1. The lowest BCUT2D eigenvalue weighted by Crippen LogP contribution is -2.48. The molecule has 2 aromatic heterocycles. The number of nitrogens with zero attached hydrogens (tertiary/aromatic N) is 5. The van der Waals surface area contributed by atoms with Crippen molar-refractivity contribution in [2.75, 3.05) is 39.2 Å². The number of nitriles is 1. The summed E-state index contributed by atoms with van der Waals surface area (Å²) in [4.78, 5) is 18.7. The molecule has 0 aliphatic carbocycles. The maximum Gasteiger partial charge on any atom is 0.472 e. The summed E-state index contributed by atoms with van der Waals surface area (Å²) in [7, 11) is -3.44. The second-order valence-electron chi connectivity index (χ2n) is 15.0. The lowest BCUT2D eigenvalue weighted by Gasteiger charge is -2.28. The summed E-state index contributed by atoms with van der Waals surface area (Å²) in [6.07, 6.45) is 15.9. The average molecular weight is 833 g/mol. The number of halogens is 1. The molecule has 3 heterocycles. The number of anilines is 1. The molecular formula is C41H62FN6O9P. The Labute approximate surface area is 341 Å². The van der Waals surface area contributed by atoms with Crippen molar-refractivity contribution < 1.29 is 47.3 Å². The highest BCUT2D eigenvalue weighted by atomic mass is 31.2. The smallest absolute Gasteiger partial charge is 0.387 e. The first-order valence-electron chi connectivity index (χ1n) is 20.6. The van der Waals surface area contributed by atoms with Gasteiger partial charge in [0, 0.05) is 19.9 Å². The monoisotopic (exact) mass is 832 g/mol. The van der Waals surface area contributed by atoms with E-state index in [0.29, 0.717) is 23.4 Å². The first kappa shape index (κ1) is 47.3. The molecule has 3 aromatic rings. The second-order valence-corrected chi connectivity index (χ2v) is 16.4. The maximum absolute atomic E-state index is 14.1. The Morgan fingerprint density at radius 1 is 1.02 bits per heavy atom. The van der Waals surface area contributed by atoms with Gasteiger partial charge in [-0.3, -0.25) is 14.0 Å². The summed E-state index contributed by atoms with van der Waals surface area (Å²) in [5.74, 6) is -0.406. The molecule has 17 heteroatoms. The van der Waals surface area contributed by atoms with Crippen LogP contribution in [0, 0.1) is 17.1 Å². The van der Waals surface area contributed by atoms with Gasteiger partial charge in [0.2, 0.25) is 0 Å². The molecule has 4 rings (SSSR count). The van der Waals surface area contributed by atoms with Gasteiger partial charge in [-0.2, -0.15) is 10.4 Å². The highest BCUT2D eigenvalue weighted by Crippen LogP contribution is 2.47. The number of aliphatic imine (C=N–C) groups is 1. The van der Waals surface area contributed by atoms with Gasteiger partial charge in [-0.1, -0.05) is 96.8 Å². The molecule has 0 bridgehead atoms. The van der Waals surface area contributed by atoms with E-state index in [0.717, 1.165) is 25.3 Å². The van der Waals surface area contributed by atoms with Crippen molar-refractivity contribution >= 4 is 25.4 Å². The Morgan fingerprint density at radius 2 is 1.67 bits per heavy atom. The number of aliphatic hydroxyl groups excluding tert-OH is 2. The van der Waals surface area contributed by atoms with Crippen LogP contribution < -0.4 is 5.73 Å². The lowest BCUT2D eigenvalue weighted by atomic mass is 9.96. The molecule has 15 nitrogen and oxygen atoms in total. The Kier molecular flexibility index (Phi) is 20.1. The summed E-state index contributed by atoms with van der Waals surface area (Å²) in [6, 6.07) is 8.97. The third-order valence-corrected chi connectivity index (χ3v) is 11.2. The number of rotatable bonds is 29. The van der Waals surface area contributed by atoms with E-state index in [4.69, 9.17) is 29.0 Å². The van der Waals surface area contributed by atoms with E-state index in [1.807, 2.05) is 6.07 Å². The zero-order valence-corrected chi connectivity index (χ0v) is 34.8. The molecule has 5 N–H and O–H groups in total. The predicted octanol–water partition coefficient (Wildman–Crippen LogP) is 7.16. The van der Waals surface area contributed by atoms with Crippen LogP contribution in [0.25, 0.3) is 5.52 Å². The summed E-state index contributed by atoms with van der Waals surface area (Å²) in [5, 5.41) is 35.6. The number of phosphoric acid groups is 1. The number of unbranched alkanes of at least 4 members (excludes halogenated alkanes) is 14. The van der Waals surface area contributed by atoms with Crippen molar-refractivity contribution in [3.8, 4) is 6.07 Å². The van der Waals surface area contributed by atoms with Gasteiger partial charge in [0.05, 0.1) is 43.8 Å². The second kappa shape index (κ2) is 24.7. The van der Waals surface area contributed by atoms with E-state index in [1.165, 1.54) is 113 Å². The number of benzene rings is 1. The molecule has 1 aliphatic rings. The Balaban J connectivity index is 1.25. The van der Waals surface area contributed by atoms with Gasteiger partial charge in [0.25, 0.3) is 0 Å². The number of phosphoric ester groups is 1. The molecule has 0 saturated carbocycles. The quantitative estimate of drug-likeness (QED) is 0.0311. The van der Waals surface area contributed by atoms with Gasteiger partial charge >= 0.3 is 7.82 Å². The fourth-order valence-corrected chi connectivity index (χ4v) is 7.87. The van der Waals surface area contributed by atoms with Crippen LogP contribution in [-0.4, -0.2) is 93.3 Å². The molecule has 322 valence electrons. The summed E-state index contributed by atoms with van der Waals surface area (Å²) in [6.45, 7) is 1.39. The van der Waals surface area contributed by atoms with Gasteiger partial charge in [0.15, 0.2) is 11.4 Å². The van der Waals surface area contributed by atoms with Gasteiger partial charge in [-0.05, 0) is 42.3 Å². The molecule has 1 saturated heterocycles. The number of nitrogens with two attached hydrogens (primary N) is 1. The van der Waals surface area contributed by atoms with Crippen LogP contribution in [0.2, 0.25) is 0 Å². The Bertz CT molecular complexity index is 1790. The van der Waals surface area contributed by atoms with Crippen LogP contribution in [0.15, 0.2) is 41.7 Å². The van der Waals surface area contributed by atoms with E-state index < -0.39 is 56.9 Å². The van der Waals surface area contributed by atoms with E-state index in [2.05, 4.69) is 22.0 Å². The van der Waals surface area contributed by atoms with Crippen LogP contribution in [0.3, 0.4) is 0 Å². The molecular weight excluding hydrogens is 770 g/mol. The van der Waals surface area contributed by atoms with Crippen molar-refractivity contribution in [3.63, 3.8) is 0 Å². The van der Waals surface area contributed by atoms with Crippen LogP contribution >= 0.6 is 7.82 Å². The van der Waals surface area contributed by atoms with Crippen molar-refractivity contribution in [1.29, 1.82) is 5.26 Å². The SMILES string of the molecule is CCCCCCCCCCCCCCCCCOC[C@H](COP(=O)(O)OC[C@@]1(/C=N\C)O[C@@H](c2ccc3c(N)ncnn23)[C@H](O)[C@@H]1O)OCc1cc(F)cc(C#N)c1. The van der Waals surface area contributed by atoms with Crippen molar-refractivity contribution in [1.82, 2.24) is 14.6 Å². The third kappa shape index (κ3) is 14.7. The molecule has 1 fully saturated rings. The topological polar surface area (TPSA) is 216 Å². The highest BCUT2D eigenvalue weighted by Gasteiger charge is 2.55. The van der Waals surface area contributed by atoms with Gasteiger partial charge in [-0.15, -0.1) is 0 Å². The molecule has 0 amide bonds. The first-order valence-corrected chi connectivity index (χ1v) is 22.1. The molecule has 1 aliphatic heterocycles. The molecule has 6 atom stereocenters. The standard InChI is InChI=1S/C41H62FN6O9P/c1-3-4-5-6-7-8-9-10-11-12-13-14-15-16-17-20-53-26-34(54-25-32-21-31(24-43)22-33(42)23-32)27-55-58(51,52)56-29-41(28-45-2)39(50)37(49)38(57-41)35-18-19-36-40(44)46-30-47-48(35)36/h18-19,21-23,28,30,34,37-39,49-50H,3-17,20,25-27,29H2,1-2H3,(H,51,52)(H2,44,46,47)/b45-28-/t34-,37+,38+,39+,41-/m1/s1. The first-order chi connectivity index (χ1) is 28.0. The molecule has 0 spiro atoms. The molecule has 1 aromatic carbocycles. The van der Waals surface area contributed by atoms with Crippen molar-refractivity contribution in [2.45, 2.75) is 140 Å². The fourth-order valence-electron chi connectivity index (χ4n) is 7.08. The summed E-state index contributed by atoms with van der Waals surface area (Å²) >= 11 is 0. The van der Waals surface area contributed by atoms with Crippen LogP contribution in [0.5, 0.6) is 0 Å². The Hall–Kier alpha value is -3.36.